The van der Waals surface area contributed by atoms with Crippen molar-refractivity contribution >= 4 is 5.91 Å². The second-order valence-electron chi connectivity index (χ2n) is 7.31. The number of nitrogens with zero attached hydrogens (tertiary/aromatic N) is 2. The number of rotatable bonds is 2. The van der Waals surface area contributed by atoms with Crippen LogP contribution in [-0.4, -0.2) is 33.6 Å². The molecule has 6 heteroatoms. The zero-order valence-corrected chi connectivity index (χ0v) is 14.6. The quantitative estimate of drug-likeness (QED) is 0.897. The van der Waals surface area contributed by atoms with Crippen molar-refractivity contribution in [2.75, 3.05) is 13.1 Å². The van der Waals surface area contributed by atoms with E-state index in [0.29, 0.717) is 36.3 Å². The molecule has 0 aliphatic carbocycles. The molecule has 3 heterocycles. The van der Waals surface area contributed by atoms with Gasteiger partial charge >= 0.3 is 0 Å². The van der Waals surface area contributed by atoms with Gasteiger partial charge in [0.2, 0.25) is 5.91 Å². The highest BCUT2D eigenvalue weighted by molar-refractivity contribution is 5.73. The second-order valence-corrected chi connectivity index (χ2v) is 7.31. The van der Waals surface area contributed by atoms with Crippen molar-refractivity contribution in [1.29, 1.82) is 0 Å². The van der Waals surface area contributed by atoms with Crippen LogP contribution in [0.5, 0.6) is 0 Å². The summed E-state index contributed by atoms with van der Waals surface area (Å²) in [6, 6.07) is 7.75. The lowest BCUT2D eigenvalue weighted by Gasteiger charge is -2.42. The van der Waals surface area contributed by atoms with Gasteiger partial charge in [-0.15, -0.1) is 0 Å². The number of pyridine rings is 1. The molecule has 0 radical (unpaired) electrons. The van der Waals surface area contributed by atoms with Crippen LogP contribution in [0, 0.1) is 11.7 Å². The molecule has 1 aromatic carbocycles. The third-order valence-electron chi connectivity index (χ3n) is 5.53. The Kier molecular flexibility index (Phi) is 4.15. The van der Waals surface area contributed by atoms with Gasteiger partial charge < -0.3 is 14.6 Å². The largest absolute Gasteiger partial charge is 0.392 e. The standard InChI is InChI=1S/C20H21FN2O3/c1-12(25)22-8-14-4-16(10-22)19-6-15(7-20(26)23(19)9-14)17-5-13(11-24)2-3-18(17)21/h2-3,5-7,14,16,24H,4,8-11H2,1H3/t14-,16+/m0/s1. The lowest BCUT2D eigenvalue weighted by molar-refractivity contribution is -0.131. The van der Waals surface area contributed by atoms with Crippen LogP contribution in [0.15, 0.2) is 35.1 Å². The van der Waals surface area contributed by atoms with Crippen LogP contribution in [0.2, 0.25) is 0 Å². The molecule has 26 heavy (non-hydrogen) atoms. The maximum Gasteiger partial charge on any atom is 0.251 e. The van der Waals surface area contributed by atoms with Crippen LogP contribution in [-0.2, 0) is 17.9 Å². The van der Waals surface area contributed by atoms with E-state index < -0.39 is 5.82 Å². The molecule has 4 rings (SSSR count). The minimum absolute atomic E-state index is 0.0494. The second kappa shape index (κ2) is 6.36. The molecule has 2 aliphatic rings. The Morgan fingerprint density at radius 1 is 1.23 bits per heavy atom. The summed E-state index contributed by atoms with van der Waals surface area (Å²) in [5.41, 5.74) is 2.16. The third kappa shape index (κ3) is 2.84. The lowest BCUT2D eigenvalue weighted by atomic mass is 9.82. The summed E-state index contributed by atoms with van der Waals surface area (Å²) in [7, 11) is 0. The fourth-order valence-electron chi connectivity index (χ4n) is 4.26. The molecule has 0 unspecified atom stereocenters. The van der Waals surface area contributed by atoms with Crippen LogP contribution in [0.25, 0.3) is 11.1 Å². The highest BCUT2D eigenvalue weighted by Gasteiger charge is 2.35. The number of hydrogen-bond acceptors (Lipinski definition) is 3. The Morgan fingerprint density at radius 2 is 2.04 bits per heavy atom. The number of aromatic nitrogens is 1. The van der Waals surface area contributed by atoms with E-state index in [1.165, 1.54) is 18.2 Å². The van der Waals surface area contributed by atoms with E-state index in [4.69, 9.17) is 0 Å². The predicted octanol–water partition coefficient (Wildman–Crippen LogP) is 2.11. The van der Waals surface area contributed by atoms with Gasteiger partial charge in [-0.05, 0) is 41.7 Å². The molecule has 2 atom stereocenters. The van der Waals surface area contributed by atoms with Crippen molar-refractivity contribution in [2.24, 2.45) is 5.92 Å². The molecule has 0 saturated carbocycles. The Labute approximate surface area is 150 Å². The van der Waals surface area contributed by atoms with Crippen molar-refractivity contribution in [3.8, 4) is 11.1 Å². The van der Waals surface area contributed by atoms with Crippen molar-refractivity contribution in [3.63, 3.8) is 0 Å². The average Bonchev–Trinajstić information content (AvgIpc) is 2.62. The summed E-state index contributed by atoms with van der Waals surface area (Å²) < 4.78 is 16.1. The summed E-state index contributed by atoms with van der Waals surface area (Å²) >= 11 is 0. The van der Waals surface area contributed by atoms with Crippen molar-refractivity contribution in [1.82, 2.24) is 9.47 Å². The number of halogens is 1. The number of piperidine rings is 1. The maximum absolute atomic E-state index is 14.3. The van der Waals surface area contributed by atoms with Gasteiger partial charge in [-0.1, -0.05) is 6.07 Å². The monoisotopic (exact) mass is 356 g/mol. The number of aliphatic hydroxyl groups is 1. The highest BCUT2D eigenvalue weighted by atomic mass is 19.1. The van der Waals surface area contributed by atoms with Crippen molar-refractivity contribution < 1.29 is 14.3 Å². The van der Waals surface area contributed by atoms with Gasteiger partial charge in [0.15, 0.2) is 0 Å². The molecule has 1 N–H and O–H groups in total. The number of aliphatic hydroxyl groups excluding tert-OH is 1. The van der Waals surface area contributed by atoms with Gasteiger partial charge in [0, 0.05) is 49.8 Å². The molecule has 2 bridgehead atoms. The van der Waals surface area contributed by atoms with Gasteiger partial charge in [0.25, 0.3) is 5.56 Å². The van der Waals surface area contributed by atoms with Gasteiger partial charge in [-0.25, -0.2) is 4.39 Å². The Morgan fingerprint density at radius 3 is 2.77 bits per heavy atom. The third-order valence-corrected chi connectivity index (χ3v) is 5.53. The fraction of sp³-hybridized carbons (Fsp3) is 0.400. The fourth-order valence-corrected chi connectivity index (χ4v) is 4.26. The van der Waals surface area contributed by atoms with Crippen LogP contribution in [0.3, 0.4) is 0 Å². The number of benzene rings is 1. The van der Waals surface area contributed by atoms with Crippen LogP contribution < -0.4 is 5.56 Å². The molecule has 0 spiro atoms. The van der Waals surface area contributed by atoms with Gasteiger partial charge in [-0.3, -0.25) is 9.59 Å². The summed E-state index contributed by atoms with van der Waals surface area (Å²) in [4.78, 5) is 26.3. The SMILES string of the molecule is CC(=O)N1C[C@@H]2C[C@H](C1)c1cc(-c3cc(CO)ccc3F)cc(=O)n1C2. The van der Waals surface area contributed by atoms with Gasteiger partial charge in [0.05, 0.1) is 6.61 Å². The Bertz CT molecular complexity index is 937. The predicted molar refractivity (Wildman–Crippen MR) is 95.1 cm³/mol. The molecule has 1 aromatic heterocycles. The number of likely N-dealkylation sites (tertiary alicyclic amines) is 1. The average molecular weight is 356 g/mol. The van der Waals surface area contributed by atoms with Crippen LogP contribution >= 0.6 is 0 Å². The Hall–Kier alpha value is -2.47. The minimum Gasteiger partial charge on any atom is -0.392 e. The molecular formula is C20H21FN2O3. The van der Waals surface area contributed by atoms with E-state index in [0.717, 1.165) is 12.1 Å². The highest BCUT2D eigenvalue weighted by Crippen LogP contribution is 2.37. The summed E-state index contributed by atoms with van der Waals surface area (Å²) in [5.74, 6) is -0.00567. The smallest absolute Gasteiger partial charge is 0.251 e. The summed E-state index contributed by atoms with van der Waals surface area (Å²) in [6.45, 7) is 3.25. The van der Waals surface area contributed by atoms with Gasteiger partial charge in [0.1, 0.15) is 5.82 Å². The van der Waals surface area contributed by atoms with E-state index in [1.54, 1.807) is 17.6 Å². The van der Waals surface area contributed by atoms with Crippen LogP contribution in [0.1, 0.15) is 30.5 Å². The van der Waals surface area contributed by atoms with Crippen LogP contribution in [0.4, 0.5) is 4.39 Å². The molecule has 1 fully saturated rings. The molecule has 5 nitrogen and oxygen atoms in total. The first-order valence-corrected chi connectivity index (χ1v) is 8.86. The molecule has 2 aliphatic heterocycles. The number of amides is 1. The zero-order valence-electron chi connectivity index (χ0n) is 14.6. The number of carbonyl (C=O) groups excluding carboxylic acids is 1. The Balaban J connectivity index is 1.81. The van der Waals surface area contributed by atoms with E-state index in [-0.39, 0.29) is 29.9 Å². The number of fused-ring (bicyclic) bond motifs is 4. The number of carbonyl (C=O) groups is 1. The minimum atomic E-state index is -0.422. The molecular weight excluding hydrogens is 335 g/mol. The van der Waals surface area contributed by atoms with E-state index in [2.05, 4.69) is 0 Å². The van der Waals surface area contributed by atoms with Gasteiger partial charge in [-0.2, -0.15) is 0 Å². The molecule has 136 valence electrons. The first kappa shape index (κ1) is 17.0. The van der Waals surface area contributed by atoms with Crippen molar-refractivity contribution in [3.05, 3.63) is 57.8 Å². The molecule has 2 aromatic rings. The first-order chi connectivity index (χ1) is 12.5. The molecule has 1 amide bonds. The maximum atomic E-state index is 14.3. The number of hydrogen-bond donors (Lipinski definition) is 1. The zero-order chi connectivity index (χ0) is 18.4. The first-order valence-electron chi connectivity index (χ1n) is 8.86. The summed E-state index contributed by atoms with van der Waals surface area (Å²) in [5, 5.41) is 9.32. The molecule has 1 saturated heterocycles. The lowest BCUT2D eigenvalue weighted by Crippen LogP contribution is -2.48. The summed E-state index contributed by atoms with van der Waals surface area (Å²) in [6.07, 6.45) is 0.936. The van der Waals surface area contributed by atoms with Crippen molar-refractivity contribution in [2.45, 2.75) is 32.4 Å². The van der Waals surface area contributed by atoms with E-state index >= 15 is 0 Å². The van der Waals surface area contributed by atoms with E-state index in [1.807, 2.05) is 11.0 Å². The van der Waals surface area contributed by atoms with E-state index in [9.17, 15) is 19.1 Å². The topological polar surface area (TPSA) is 62.5 Å². The normalized spacial score (nSPS) is 21.4.